The number of anilines is 1. The summed E-state index contributed by atoms with van der Waals surface area (Å²) in [6.45, 7) is -0.136. The topological polar surface area (TPSA) is 90.8 Å². The predicted octanol–water partition coefficient (Wildman–Crippen LogP) is 2.02. The summed E-state index contributed by atoms with van der Waals surface area (Å²) < 4.78 is 5.31. The van der Waals surface area contributed by atoms with Crippen LogP contribution in [-0.2, 0) is 4.79 Å². The third kappa shape index (κ3) is 3.30. The van der Waals surface area contributed by atoms with E-state index >= 15 is 0 Å². The van der Waals surface area contributed by atoms with E-state index in [9.17, 15) is 4.79 Å². The molecule has 1 amide bonds. The number of amides is 1. The number of carbonyl (C=O) groups excluding carboxylic acids is 1. The molecule has 2 aromatic rings. The molecule has 0 unspecified atom stereocenters. The number of benzene rings is 1. The molecule has 2 rings (SSSR count). The Balaban J connectivity index is 1.95. The van der Waals surface area contributed by atoms with Crippen molar-refractivity contribution in [1.82, 2.24) is 10.2 Å². The summed E-state index contributed by atoms with van der Waals surface area (Å²) in [4.78, 5) is 11.8. The van der Waals surface area contributed by atoms with E-state index in [1.807, 2.05) is 24.3 Å². The van der Waals surface area contributed by atoms with Crippen molar-refractivity contribution in [3.05, 3.63) is 35.9 Å². The number of nitrogens with zero attached hydrogens (tertiary/aromatic N) is 2. The fourth-order valence-electron chi connectivity index (χ4n) is 1.51. The number of aromatic nitrogens is 2. The number of hydrogen-bond acceptors (Lipinski definition) is 5. The van der Waals surface area contributed by atoms with Gasteiger partial charge in [-0.25, -0.2) is 0 Å². The zero-order chi connectivity index (χ0) is 14.4. The minimum atomic E-state index is -0.360. The Hall–Kier alpha value is -2.46. The van der Waals surface area contributed by atoms with Crippen LogP contribution < -0.4 is 10.1 Å². The molecule has 0 atom stereocenters. The fraction of sp³-hybridized carbons (Fsp3) is 0.154. The van der Waals surface area contributed by atoms with E-state index in [0.29, 0.717) is 22.2 Å². The third-order valence-corrected chi connectivity index (χ3v) is 3.10. The lowest BCUT2D eigenvalue weighted by Gasteiger charge is -2.06. The molecule has 6 nitrogen and oxygen atoms in total. The highest BCUT2D eigenvalue weighted by Crippen LogP contribution is 2.22. The molecule has 1 heterocycles. The molecule has 0 aliphatic rings. The van der Waals surface area contributed by atoms with Crippen LogP contribution in [0, 0.1) is 11.3 Å². The second kappa shape index (κ2) is 6.63. The summed E-state index contributed by atoms with van der Waals surface area (Å²) in [7, 11) is 0. The van der Waals surface area contributed by atoms with E-state index in [-0.39, 0.29) is 12.5 Å². The quantitative estimate of drug-likeness (QED) is 0.821. The summed E-state index contributed by atoms with van der Waals surface area (Å²) in [6.07, 6.45) is 1.81. The molecule has 0 bridgehead atoms. The molecule has 7 heteroatoms. The van der Waals surface area contributed by atoms with Gasteiger partial charge in [-0.2, -0.15) is 10.4 Å². The van der Waals surface area contributed by atoms with Crippen LogP contribution in [0.25, 0.3) is 0 Å². The van der Waals surface area contributed by atoms with Crippen molar-refractivity contribution < 1.29 is 9.53 Å². The highest BCUT2D eigenvalue weighted by atomic mass is 32.2. The molecule has 1 aromatic carbocycles. The largest absolute Gasteiger partial charge is 0.484 e. The Morgan fingerprint density at radius 3 is 2.90 bits per heavy atom. The van der Waals surface area contributed by atoms with Crippen LogP contribution in [0.15, 0.2) is 35.4 Å². The number of H-pyrrole nitrogens is 1. The first kappa shape index (κ1) is 14.0. The molecule has 1 aromatic heterocycles. The average molecular weight is 288 g/mol. The number of carbonyl (C=O) groups is 1. The van der Waals surface area contributed by atoms with Crippen LogP contribution in [0.2, 0.25) is 0 Å². The van der Waals surface area contributed by atoms with Crippen LogP contribution in [0.3, 0.4) is 0 Å². The molecule has 0 saturated carbocycles. The van der Waals surface area contributed by atoms with Crippen LogP contribution in [0.1, 0.15) is 5.56 Å². The van der Waals surface area contributed by atoms with Crippen LogP contribution >= 0.6 is 11.8 Å². The van der Waals surface area contributed by atoms with Gasteiger partial charge in [0.15, 0.2) is 6.61 Å². The minimum Gasteiger partial charge on any atom is -0.484 e. The average Bonchev–Trinajstić information content (AvgIpc) is 2.88. The van der Waals surface area contributed by atoms with Gasteiger partial charge in [0.25, 0.3) is 5.91 Å². The second-order valence-corrected chi connectivity index (χ2v) is 4.54. The zero-order valence-corrected chi connectivity index (χ0v) is 11.5. The normalized spacial score (nSPS) is 9.80. The number of ether oxygens (including phenoxy) is 1. The molecule has 2 N–H and O–H groups in total. The number of para-hydroxylation sites is 1. The Morgan fingerprint density at radius 2 is 2.25 bits per heavy atom. The van der Waals surface area contributed by atoms with Crippen molar-refractivity contribution >= 4 is 23.5 Å². The molecule has 0 aliphatic carbocycles. The van der Waals surface area contributed by atoms with Crippen LogP contribution in [0.5, 0.6) is 5.75 Å². The molecule has 20 heavy (non-hydrogen) atoms. The van der Waals surface area contributed by atoms with Gasteiger partial charge < -0.3 is 10.1 Å². The van der Waals surface area contributed by atoms with Gasteiger partial charge in [0.1, 0.15) is 28.2 Å². The van der Waals surface area contributed by atoms with E-state index in [1.165, 1.54) is 11.8 Å². The lowest BCUT2D eigenvalue weighted by atomic mass is 10.3. The highest BCUT2D eigenvalue weighted by Gasteiger charge is 2.14. The molecule has 0 fully saturated rings. The smallest absolute Gasteiger partial charge is 0.263 e. The first-order valence-electron chi connectivity index (χ1n) is 5.74. The molecule has 102 valence electrons. The molecular formula is C13H12N4O2S. The standard InChI is InChI=1S/C13H12N4O2S/c1-20-13-10(7-14)12(16-17-13)15-11(18)8-19-9-5-3-2-4-6-9/h2-6H,8H2,1H3,(H2,15,16,17,18). The molecule has 0 aliphatic heterocycles. The Morgan fingerprint density at radius 1 is 1.50 bits per heavy atom. The SMILES string of the molecule is CSc1n[nH]c(NC(=O)COc2ccccc2)c1C#N. The first-order valence-corrected chi connectivity index (χ1v) is 6.97. The van der Waals surface area contributed by atoms with Crippen molar-refractivity contribution in [2.24, 2.45) is 0 Å². The van der Waals surface area contributed by atoms with Crippen molar-refractivity contribution in [2.45, 2.75) is 5.03 Å². The number of nitriles is 1. The summed E-state index contributed by atoms with van der Waals surface area (Å²) in [5, 5.41) is 18.7. The van der Waals surface area contributed by atoms with Crippen molar-refractivity contribution in [3.8, 4) is 11.8 Å². The second-order valence-electron chi connectivity index (χ2n) is 3.74. The van der Waals surface area contributed by atoms with Gasteiger partial charge in [-0.05, 0) is 18.4 Å². The Labute approximate surface area is 120 Å². The summed E-state index contributed by atoms with van der Waals surface area (Å²) in [5.74, 6) is 0.540. The lowest BCUT2D eigenvalue weighted by molar-refractivity contribution is -0.118. The maximum absolute atomic E-state index is 11.8. The molecule has 0 saturated heterocycles. The monoisotopic (exact) mass is 288 g/mol. The Kier molecular flexibility index (Phi) is 4.63. The summed E-state index contributed by atoms with van der Waals surface area (Å²) in [6, 6.07) is 11.0. The predicted molar refractivity (Wildman–Crippen MR) is 75.7 cm³/mol. The third-order valence-electron chi connectivity index (χ3n) is 2.42. The number of thioether (sulfide) groups is 1. The fourth-order valence-corrected chi connectivity index (χ4v) is 2.00. The van der Waals surface area contributed by atoms with E-state index in [1.54, 1.807) is 18.4 Å². The van der Waals surface area contributed by atoms with E-state index in [2.05, 4.69) is 15.5 Å². The van der Waals surface area contributed by atoms with Gasteiger partial charge in [0.2, 0.25) is 0 Å². The van der Waals surface area contributed by atoms with Crippen LogP contribution in [-0.4, -0.2) is 29.0 Å². The minimum absolute atomic E-state index is 0.136. The number of hydrogen-bond donors (Lipinski definition) is 2. The Bertz CT molecular complexity index is 634. The zero-order valence-electron chi connectivity index (χ0n) is 10.7. The molecular weight excluding hydrogens is 276 g/mol. The van der Waals surface area contributed by atoms with Crippen molar-refractivity contribution in [3.63, 3.8) is 0 Å². The maximum atomic E-state index is 11.8. The maximum Gasteiger partial charge on any atom is 0.263 e. The van der Waals surface area contributed by atoms with Gasteiger partial charge in [-0.3, -0.25) is 9.89 Å². The van der Waals surface area contributed by atoms with E-state index in [0.717, 1.165) is 0 Å². The summed E-state index contributed by atoms with van der Waals surface area (Å²) >= 11 is 1.33. The van der Waals surface area contributed by atoms with Gasteiger partial charge in [-0.15, -0.1) is 11.8 Å². The molecule has 0 spiro atoms. The van der Waals surface area contributed by atoms with Gasteiger partial charge in [0, 0.05) is 0 Å². The van der Waals surface area contributed by atoms with Crippen LogP contribution in [0.4, 0.5) is 5.82 Å². The van der Waals surface area contributed by atoms with Gasteiger partial charge >= 0.3 is 0 Å². The number of nitrogens with one attached hydrogen (secondary N) is 2. The lowest BCUT2D eigenvalue weighted by Crippen LogP contribution is -2.20. The van der Waals surface area contributed by atoms with Gasteiger partial charge in [-0.1, -0.05) is 18.2 Å². The van der Waals surface area contributed by atoms with Crippen molar-refractivity contribution in [2.75, 3.05) is 18.2 Å². The van der Waals surface area contributed by atoms with E-state index < -0.39 is 0 Å². The first-order chi connectivity index (χ1) is 9.74. The number of aromatic amines is 1. The van der Waals surface area contributed by atoms with Gasteiger partial charge in [0.05, 0.1) is 0 Å². The number of rotatable bonds is 5. The molecule has 0 radical (unpaired) electrons. The summed E-state index contributed by atoms with van der Waals surface area (Å²) in [5.41, 5.74) is 0.325. The highest BCUT2D eigenvalue weighted by molar-refractivity contribution is 7.98. The van der Waals surface area contributed by atoms with E-state index in [4.69, 9.17) is 10.00 Å². The van der Waals surface area contributed by atoms with Crippen molar-refractivity contribution in [1.29, 1.82) is 5.26 Å².